The molecule has 118 valence electrons. The number of hydrogen-bond acceptors (Lipinski definition) is 3. The number of para-hydroxylation sites is 1. The highest BCUT2D eigenvalue weighted by molar-refractivity contribution is 5.36. The van der Waals surface area contributed by atoms with Crippen molar-refractivity contribution >= 4 is 0 Å². The molecular weight excluding hydrogens is 274 g/mol. The molecule has 1 atom stereocenters. The van der Waals surface area contributed by atoms with E-state index in [1.54, 1.807) is 0 Å². The third-order valence-corrected chi connectivity index (χ3v) is 4.43. The number of aryl methyl sites for hydroxylation is 1. The zero-order chi connectivity index (χ0) is 15.4. The lowest BCUT2D eigenvalue weighted by Crippen LogP contribution is -2.29. The lowest BCUT2D eigenvalue weighted by molar-refractivity contribution is 0.0547. The van der Waals surface area contributed by atoms with Crippen LogP contribution in [-0.4, -0.2) is 29.5 Å². The molecule has 4 nitrogen and oxygen atoms in total. The molecule has 0 aliphatic carbocycles. The summed E-state index contributed by atoms with van der Waals surface area (Å²) < 4.78 is 7.58. The molecule has 22 heavy (non-hydrogen) atoms. The number of nitrogens with one attached hydrogen (secondary N) is 1. The molecule has 0 radical (unpaired) electrons. The maximum absolute atomic E-state index is 5.54. The van der Waals surface area contributed by atoms with Crippen LogP contribution in [0.4, 0.5) is 0 Å². The van der Waals surface area contributed by atoms with Crippen molar-refractivity contribution in [3.8, 4) is 5.69 Å². The Morgan fingerprint density at radius 2 is 2.09 bits per heavy atom. The quantitative estimate of drug-likeness (QED) is 0.922. The second-order valence-electron chi connectivity index (χ2n) is 6.11. The fourth-order valence-electron chi connectivity index (χ4n) is 3.12. The van der Waals surface area contributed by atoms with Gasteiger partial charge < -0.3 is 10.1 Å². The van der Waals surface area contributed by atoms with Gasteiger partial charge in [0.05, 0.1) is 18.0 Å². The van der Waals surface area contributed by atoms with Crippen molar-refractivity contribution in [3.05, 3.63) is 47.3 Å². The SMILES string of the molecule is Cc1nn(-c2ccccc2)c(C)c1CNCC1CCCOC1. The van der Waals surface area contributed by atoms with Crippen LogP contribution in [0.25, 0.3) is 5.69 Å². The highest BCUT2D eigenvalue weighted by Crippen LogP contribution is 2.18. The summed E-state index contributed by atoms with van der Waals surface area (Å²) in [6, 6.07) is 10.3. The molecule has 1 fully saturated rings. The van der Waals surface area contributed by atoms with Gasteiger partial charge in [0.25, 0.3) is 0 Å². The molecule has 1 aliphatic heterocycles. The zero-order valence-corrected chi connectivity index (χ0v) is 13.5. The summed E-state index contributed by atoms with van der Waals surface area (Å²) in [6.07, 6.45) is 2.46. The van der Waals surface area contributed by atoms with E-state index in [0.717, 1.165) is 37.7 Å². The molecule has 0 amide bonds. The number of hydrogen-bond donors (Lipinski definition) is 1. The van der Waals surface area contributed by atoms with Gasteiger partial charge in [0.15, 0.2) is 0 Å². The lowest BCUT2D eigenvalue weighted by atomic mass is 10.0. The molecule has 2 aromatic rings. The van der Waals surface area contributed by atoms with Gasteiger partial charge in [0.2, 0.25) is 0 Å². The summed E-state index contributed by atoms with van der Waals surface area (Å²) in [5, 5.41) is 8.28. The van der Waals surface area contributed by atoms with Gasteiger partial charge in [-0.25, -0.2) is 4.68 Å². The van der Waals surface area contributed by atoms with Crippen molar-refractivity contribution in [2.45, 2.75) is 33.2 Å². The molecule has 1 N–H and O–H groups in total. The van der Waals surface area contributed by atoms with E-state index in [1.165, 1.54) is 24.1 Å². The van der Waals surface area contributed by atoms with Crippen LogP contribution in [0.3, 0.4) is 0 Å². The Balaban J connectivity index is 1.65. The third-order valence-electron chi connectivity index (χ3n) is 4.43. The Bertz CT molecular complexity index is 600. The predicted octanol–water partition coefficient (Wildman–Crippen LogP) is 3.01. The first-order valence-corrected chi connectivity index (χ1v) is 8.14. The van der Waals surface area contributed by atoms with Gasteiger partial charge in [-0.05, 0) is 44.7 Å². The molecule has 4 heteroatoms. The van der Waals surface area contributed by atoms with E-state index in [9.17, 15) is 0 Å². The first kappa shape index (κ1) is 15.3. The van der Waals surface area contributed by atoms with Crippen molar-refractivity contribution in [1.29, 1.82) is 0 Å². The van der Waals surface area contributed by atoms with E-state index in [0.29, 0.717) is 5.92 Å². The number of rotatable bonds is 5. The van der Waals surface area contributed by atoms with E-state index in [2.05, 4.69) is 31.3 Å². The van der Waals surface area contributed by atoms with Crippen molar-refractivity contribution < 1.29 is 4.74 Å². The fourth-order valence-corrected chi connectivity index (χ4v) is 3.12. The Morgan fingerprint density at radius 1 is 1.27 bits per heavy atom. The summed E-state index contributed by atoms with van der Waals surface area (Å²) in [6.45, 7) is 7.96. The molecule has 0 saturated carbocycles. The van der Waals surface area contributed by atoms with Crippen LogP contribution in [-0.2, 0) is 11.3 Å². The minimum atomic E-state index is 0.651. The highest BCUT2D eigenvalue weighted by atomic mass is 16.5. The zero-order valence-electron chi connectivity index (χ0n) is 13.5. The first-order chi connectivity index (χ1) is 10.8. The Kier molecular flexibility index (Phi) is 4.90. The standard InChI is InChI=1S/C18H25N3O/c1-14-18(12-19-11-16-7-6-10-22-13-16)15(2)21(20-14)17-8-4-3-5-9-17/h3-5,8-9,16,19H,6-7,10-13H2,1-2H3. The molecule has 1 aromatic carbocycles. The minimum absolute atomic E-state index is 0.651. The maximum Gasteiger partial charge on any atom is 0.0648 e. The molecule has 1 aromatic heterocycles. The van der Waals surface area contributed by atoms with Crippen LogP contribution >= 0.6 is 0 Å². The van der Waals surface area contributed by atoms with Crippen molar-refractivity contribution in [2.75, 3.05) is 19.8 Å². The number of benzene rings is 1. The molecular formula is C18H25N3O. The molecule has 1 unspecified atom stereocenters. The van der Waals surface area contributed by atoms with Crippen molar-refractivity contribution in [2.24, 2.45) is 5.92 Å². The summed E-state index contributed by atoms with van der Waals surface area (Å²) in [5.41, 5.74) is 4.75. The molecule has 2 heterocycles. The minimum Gasteiger partial charge on any atom is -0.381 e. The van der Waals surface area contributed by atoms with Gasteiger partial charge in [-0.1, -0.05) is 18.2 Å². The molecule has 3 rings (SSSR count). The number of aromatic nitrogens is 2. The monoisotopic (exact) mass is 299 g/mol. The normalized spacial score (nSPS) is 18.5. The summed E-state index contributed by atoms with van der Waals surface area (Å²) in [7, 11) is 0. The van der Waals surface area contributed by atoms with Crippen LogP contribution in [0.1, 0.15) is 29.8 Å². The van der Waals surface area contributed by atoms with E-state index in [4.69, 9.17) is 9.84 Å². The summed E-state index contributed by atoms with van der Waals surface area (Å²) in [5.74, 6) is 0.651. The third kappa shape index (κ3) is 3.39. The smallest absolute Gasteiger partial charge is 0.0648 e. The van der Waals surface area contributed by atoms with E-state index in [1.807, 2.05) is 22.9 Å². The summed E-state index contributed by atoms with van der Waals surface area (Å²) >= 11 is 0. The average molecular weight is 299 g/mol. The van der Waals surface area contributed by atoms with E-state index >= 15 is 0 Å². The van der Waals surface area contributed by atoms with Gasteiger partial charge in [0, 0.05) is 31.0 Å². The molecule has 0 bridgehead atoms. The van der Waals surface area contributed by atoms with E-state index < -0.39 is 0 Å². The number of nitrogens with zero attached hydrogens (tertiary/aromatic N) is 2. The van der Waals surface area contributed by atoms with Crippen LogP contribution < -0.4 is 5.32 Å². The summed E-state index contributed by atoms with van der Waals surface area (Å²) in [4.78, 5) is 0. The Morgan fingerprint density at radius 3 is 2.82 bits per heavy atom. The number of ether oxygens (including phenoxy) is 1. The van der Waals surface area contributed by atoms with Gasteiger partial charge >= 0.3 is 0 Å². The molecule has 1 saturated heterocycles. The highest BCUT2D eigenvalue weighted by Gasteiger charge is 2.15. The fraction of sp³-hybridized carbons (Fsp3) is 0.500. The second-order valence-corrected chi connectivity index (χ2v) is 6.11. The van der Waals surface area contributed by atoms with Gasteiger partial charge in [0.1, 0.15) is 0 Å². The van der Waals surface area contributed by atoms with Crippen LogP contribution in [0.15, 0.2) is 30.3 Å². The Labute approximate surface area is 132 Å². The largest absolute Gasteiger partial charge is 0.381 e. The van der Waals surface area contributed by atoms with Crippen LogP contribution in [0, 0.1) is 19.8 Å². The second kappa shape index (κ2) is 7.07. The van der Waals surface area contributed by atoms with Crippen molar-refractivity contribution in [3.63, 3.8) is 0 Å². The Hall–Kier alpha value is -1.65. The predicted molar refractivity (Wildman–Crippen MR) is 88.3 cm³/mol. The topological polar surface area (TPSA) is 39.1 Å². The lowest BCUT2D eigenvalue weighted by Gasteiger charge is -2.22. The van der Waals surface area contributed by atoms with Gasteiger partial charge in [-0.15, -0.1) is 0 Å². The molecule has 1 aliphatic rings. The van der Waals surface area contributed by atoms with Crippen molar-refractivity contribution in [1.82, 2.24) is 15.1 Å². The van der Waals surface area contributed by atoms with Crippen LogP contribution in [0.2, 0.25) is 0 Å². The maximum atomic E-state index is 5.54. The first-order valence-electron chi connectivity index (χ1n) is 8.14. The van der Waals surface area contributed by atoms with E-state index in [-0.39, 0.29) is 0 Å². The van der Waals surface area contributed by atoms with Gasteiger partial charge in [-0.2, -0.15) is 5.10 Å². The average Bonchev–Trinajstić information content (AvgIpc) is 2.85. The van der Waals surface area contributed by atoms with Crippen LogP contribution in [0.5, 0.6) is 0 Å². The molecule has 0 spiro atoms. The van der Waals surface area contributed by atoms with Gasteiger partial charge in [-0.3, -0.25) is 0 Å².